The van der Waals surface area contributed by atoms with E-state index >= 15 is 0 Å². The van der Waals surface area contributed by atoms with Crippen LogP contribution in [0, 0.1) is 18.8 Å². The Balaban J connectivity index is 2.55. The van der Waals surface area contributed by atoms with Crippen molar-refractivity contribution >= 4 is 0 Å². The highest BCUT2D eigenvalue weighted by Crippen LogP contribution is 2.22. The fourth-order valence-corrected chi connectivity index (χ4v) is 1.50. The molecule has 0 nitrogen and oxygen atoms in total. The van der Waals surface area contributed by atoms with Gasteiger partial charge in [0.1, 0.15) is 5.82 Å². The molecule has 0 amide bonds. The molecule has 0 saturated heterocycles. The summed E-state index contributed by atoms with van der Waals surface area (Å²) in [6.45, 7) is 2.02. The Bertz CT molecular complexity index is 446. The predicted octanol–water partition coefficient (Wildman–Crippen LogP) is 3.60. The lowest BCUT2D eigenvalue weighted by atomic mass is 10.0. The Morgan fingerprint density at radius 2 is 1.93 bits per heavy atom. The highest BCUT2D eigenvalue weighted by molar-refractivity contribution is 5.66. The van der Waals surface area contributed by atoms with E-state index in [0.29, 0.717) is 0 Å². The zero-order valence-corrected chi connectivity index (χ0v) is 7.92. The summed E-state index contributed by atoms with van der Waals surface area (Å²) in [5.74, 6) is -0.314. The molecule has 0 saturated carbocycles. The maximum Gasteiger partial charge on any atom is 0.131 e. The van der Waals surface area contributed by atoms with E-state index in [1.54, 1.807) is 6.07 Å². The van der Waals surface area contributed by atoms with Crippen molar-refractivity contribution in [1.82, 2.24) is 0 Å². The van der Waals surface area contributed by atoms with Crippen LogP contribution in [0.5, 0.6) is 0 Å². The smallest absolute Gasteiger partial charge is 0.131 e. The van der Waals surface area contributed by atoms with Crippen molar-refractivity contribution in [2.24, 2.45) is 0 Å². The lowest BCUT2D eigenvalue weighted by molar-refractivity contribution is 0.626. The quantitative estimate of drug-likeness (QED) is 0.636. The molecular weight excluding hydrogens is 175 g/mol. The average molecular weight is 185 g/mol. The van der Waals surface area contributed by atoms with Gasteiger partial charge in [-0.15, -0.1) is 0 Å². The van der Waals surface area contributed by atoms with Gasteiger partial charge < -0.3 is 0 Å². The van der Waals surface area contributed by atoms with Crippen LogP contribution < -0.4 is 0 Å². The molecule has 0 aliphatic carbocycles. The SMILES string of the molecule is Cc1ccccc1-c1cc[c]c(F)c1. The van der Waals surface area contributed by atoms with Gasteiger partial charge in [0.05, 0.1) is 0 Å². The minimum absolute atomic E-state index is 0.314. The molecule has 69 valence electrons. The Morgan fingerprint density at radius 3 is 2.64 bits per heavy atom. The van der Waals surface area contributed by atoms with Crippen molar-refractivity contribution in [3.05, 3.63) is 59.9 Å². The van der Waals surface area contributed by atoms with Gasteiger partial charge in [0.25, 0.3) is 0 Å². The molecule has 0 bridgehead atoms. The average Bonchev–Trinajstić information content (AvgIpc) is 2.18. The van der Waals surface area contributed by atoms with Crippen molar-refractivity contribution in [1.29, 1.82) is 0 Å². The van der Waals surface area contributed by atoms with Crippen molar-refractivity contribution in [2.45, 2.75) is 6.92 Å². The van der Waals surface area contributed by atoms with Crippen LogP contribution in [0.3, 0.4) is 0 Å². The second-order valence-electron chi connectivity index (χ2n) is 3.24. The molecule has 2 rings (SSSR count). The third kappa shape index (κ3) is 1.67. The van der Waals surface area contributed by atoms with Crippen LogP contribution in [-0.2, 0) is 0 Å². The first-order valence-corrected chi connectivity index (χ1v) is 4.50. The number of benzene rings is 2. The molecule has 0 N–H and O–H groups in total. The lowest BCUT2D eigenvalue weighted by Crippen LogP contribution is -1.83. The molecule has 0 aromatic heterocycles. The Hall–Kier alpha value is -1.63. The number of aryl methyl sites for hydroxylation is 1. The second kappa shape index (κ2) is 3.62. The topological polar surface area (TPSA) is 0 Å². The zero-order chi connectivity index (χ0) is 9.97. The Morgan fingerprint density at radius 1 is 1.14 bits per heavy atom. The van der Waals surface area contributed by atoms with Crippen LogP contribution in [0.2, 0.25) is 0 Å². The van der Waals surface area contributed by atoms with Gasteiger partial charge in [0.2, 0.25) is 0 Å². The highest BCUT2D eigenvalue weighted by Gasteiger charge is 2.01. The molecule has 0 heterocycles. The van der Waals surface area contributed by atoms with Crippen LogP contribution in [-0.4, -0.2) is 0 Å². The number of hydrogen-bond donors (Lipinski definition) is 0. The van der Waals surface area contributed by atoms with E-state index < -0.39 is 0 Å². The fraction of sp³-hybridized carbons (Fsp3) is 0.0769. The van der Waals surface area contributed by atoms with Crippen LogP contribution in [0.15, 0.2) is 42.5 Å². The van der Waals surface area contributed by atoms with Gasteiger partial charge in [-0.2, -0.15) is 0 Å². The molecule has 0 atom stereocenters. The molecule has 0 aliphatic rings. The summed E-state index contributed by atoms with van der Waals surface area (Å²) in [5.41, 5.74) is 3.12. The van der Waals surface area contributed by atoms with E-state index in [2.05, 4.69) is 6.07 Å². The van der Waals surface area contributed by atoms with Gasteiger partial charge in [-0.1, -0.05) is 36.4 Å². The summed E-state index contributed by atoms with van der Waals surface area (Å²) in [5, 5.41) is 0. The summed E-state index contributed by atoms with van der Waals surface area (Å²) in [4.78, 5) is 0. The Kier molecular flexibility index (Phi) is 2.32. The minimum Gasteiger partial charge on any atom is -0.206 e. The van der Waals surface area contributed by atoms with Crippen LogP contribution in [0.4, 0.5) is 4.39 Å². The van der Waals surface area contributed by atoms with E-state index in [1.165, 1.54) is 6.07 Å². The number of rotatable bonds is 1. The zero-order valence-electron chi connectivity index (χ0n) is 7.92. The van der Waals surface area contributed by atoms with Crippen molar-refractivity contribution < 1.29 is 4.39 Å². The fourth-order valence-electron chi connectivity index (χ4n) is 1.50. The Labute approximate surface area is 83.0 Å². The first-order valence-electron chi connectivity index (χ1n) is 4.50. The highest BCUT2D eigenvalue weighted by atomic mass is 19.1. The summed E-state index contributed by atoms with van der Waals surface area (Å²) < 4.78 is 12.9. The van der Waals surface area contributed by atoms with Gasteiger partial charge in [-0.3, -0.25) is 0 Å². The monoisotopic (exact) mass is 185 g/mol. The maximum absolute atomic E-state index is 12.9. The predicted molar refractivity (Wildman–Crippen MR) is 55.4 cm³/mol. The van der Waals surface area contributed by atoms with Crippen molar-refractivity contribution in [2.75, 3.05) is 0 Å². The summed E-state index contributed by atoms with van der Waals surface area (Å²) in [6, 6.07) is 15.4. The van der Waals surface area contributed by atoms with Gasteiger partial charge in [-0.05, 0) is 29.7 Å². The molecule has 1 heteroatoms. The second-order valence-corrected chi connectivity index (χ2v) is 3.24. The van der Waals surface area contributed by atoms with Gasteiger partial charge in [0, 0.05) is 6.07 Å². The van der Waals surface area contributed by atoms with Gasteiger partial charge in [0.15, 0.2) is 0 Å². The molecule has 0 fully saturated rings. The maximum atomic E-state index is 12.9. The van der Waals surface area contributed by atoms with E-state index in [0.717, 1.165) is 16.7 Å². The number of hydrogen-bond acceptors (Lipinski definition) is 0. The summed E-state index contributed by atoms with van der Waals surface area (Å²) >= 11 is 0. The first-order chi connectivity index (χ1) is 6.77. The molecule has 2 aromatic rings. The van der Waals surface area contributed by atoms with Crippen LogP contribution in [0.25, 0.3) is 11.1 Å². The molecule has 0 aliphatic heterocycles. The molecule has 0 unspecified atom stereocenters. The summed E-state index contributed by atoms with van der Waals surface area (Å²) in [7, 11) is 0. The minimum atomic E-state index is -0.314. The standard InChI is InChI=1S/C13H10F/c1-10-5-2-3-8-13(10)11-6-4-7-12(14)9-11/h2-6,8-9H,1H3. The normalized spacial score (nSPS) is 10.1. The molecule has 14 heavy (non-hydrogen) atoms. The van der Waals surface area contributed by atoms with E-state index in [9.17, 15) is 4.39 Å². The van der Waals surface area contributed by atoms with Gasteiger partial charge in [-0.25, -0.2) is 4.39 Å². The third-order valence-corrected chi connectivity index (χ3v) is 2.22. The molecule has 2 aromatic carbocycles. The van der Waals surface area contributed by atoms with Crippen molar-refractivity contribution in [3.8, 4) is 11.1 Å². The molecule has 1 radical (unpaired) electrons. The lowest BCUT2D eigenvalue weighted by Gasteiger charge is -2.04. The van der Waals surface area contributed by atoms with E-state index in [-0.39, 0.29) is 5.82 Å². The van der Waals surface area contributed by atoms with Gasteiger partial charge >= 0.3 is 0 Å². The third-order valence-electron chi connectivity index (χ3n) is 2.22. The van der Waals surface area contributed by atoms with E-state index in [1.807, 2.05) is 37.3 Å². The first kappa shape index (κ1) is 8.95. The number of halogens is 1. The van der Waals surface area contributed by atoms with Crippen molar-refractivity contribution in [3.63, 3.8) is 0 Å². The van der Waals surface area contributed by atoms with Crippen LogP contribution >= 0.6 is 0 Å². The van der Waals surface area contributed by atoms with Crippen LogP contribution in [0.1, 0.15) is 5.56 Å². The van der Waals surface area contributed by atoms with E-state index in [4.69, 9.17) is 0 Å². The molecule has 0 spiro atoms. The molecular formula is C13H10F. The largest absolute Gasteiger partial charge is 0.206 e. The summed E-state index contributed by atoms with van der Waals surface area (Å²) in [6.07, 6.45) is 0.